The first-order chi connectivity index (χ1) is 12.1. The summed E-state index contributed by atoms with van der Waals surface area (Å²) >= 11 is 5.99. The standard InChI is InChI=1S/C20H20ClN3O/c1-14-19(15(2)24(23-14)18-9-4-3-5-10-18)20(25)22-12-11-16-7-6-8-17(21)13-16/h3-10,13H,11-12H2,1-2H3,(H,22,25). The number of aryl methyl sites for hydroxylation is 1. The molecule has 5 heteroatoms. The molecule has 4 nitrogen and oxygen atoms in total. The van der Waals surface area contributed by atoms with Gasteiger partial charge in [0.05, 0.1) is 22.6 Å². The van der Waals surface area contributed by atoms with Crippen molar-refractivity contribution in [3.05, 3.63) is 82.1 Å². The zero-order valence-corrected chi connectivity index (χ0v) is 15.0. The number of benzene rings is 2. The van der Waals surface area contributed by atoms with E-state index in [4.69, 9.17) is 11.6 Å². The van der Waals surface area contributed by atoms with Gasteiger partial charge in [0.2, 0.25) is 0 Å². The maximum atomic E-state index is 12.6. The molecule has 128 valence electrons. The van der Waals surface area contributed by atoms with Crippen molar-refractivity contribution in [3.63, 3.8) is 0 Å². The van der Waals surface area contributed by atoms with Gasteiger partial charge in [-0.25, -0.2) is 4.68 Å². The van der Waals surface area contributed by atoms with E-state index >= 15 is 0 Å². The zero-order valence-electron chi connectivity index (χ0n) is 14.3. The number of rotatable bonds is 5. The van der Waals surface area contributed by atoms with Crippen LogP contribution in [0.2, 0.25) is 5.02 Å². The van der Waals surface area contributed by atoms with Gasteiger partial charge < -0.3 is 5.32 Å². The molecule has 0 spiro atoms. The molecular formula is C20H20ClN3O. The molecule has 0 aliphatic carbocycles. The number of hydrogen-bond donors (Lipinski definition) is 1. The third kappa shape index (κ3) is 3.91. The van der Waals surface area contributed by atoms with Crippen molar-refractivity contribution < 1.29 is 4.79 Å². The van der Waals surface area contributed by atoms with Gasteiger partial charge in [-0.3, -0.25) is 4.79 Å². The van der Waals surface area contributed by atoms with Crippen LogP contribution in [0.25, 0.3) is 5.69 Å². The van der Waals surface area contributed by atoms with E-state index in [9.17, 15) is 4.79 Å². The molecule has 0 aliphatic heterocycles. The number of para-hydroxylation sites is 1. The fourth-order valence-corrected chi connectivity index (χ4v) is 3.11. The fourth-order valence-electron chi connectivity index (χ4n) is 2.89. The molecule has 2 aromatic carbocycles. The van der Waals surface area contributed by atoms with Crippen LogP contribution in [0.15, 0.2) is 54.6 Å². The lowest BCUT2D eigenvalue weighted by Gasteiger charge is -2.07. The molecule has 25 heavy (non-hydrogen) atoms. The highest BCUT2D eigenvalue weighted by Gasteiger charge is 2.18. The summed E-state index contributed by atoms with van der Waals surface area (Å²) in [6, 6.07) is 17.5. The highest BCUT2D eigenvalue weighted by molar-refractivity contribution is 6.30. The minimum absolute atomic E-state index is 0.0980. The predicted molar refractivity (Wildman–Crippen MR) is 101 cm³/mol. The van der Waals surface area contributed by atoms with E-state index in [1.807, 2.05) is 68.4 Å². The van der Waals surface area contributed by atoms with Crippen LogP contribution in [0.3, 0.4) is 0 Å². The summed E-state index contributed by atoms with van der Waals surface area (Å²) in [5.74, 6) is -0.0980. The van der Waals surface area contributed by atoms with Gasteiger partial charge in [-0.2, -0.15) is 5.10 Å². The third-order valence-electron chi connectivity index (χ3n) is 4.11. The van der Waals surface area contributed by atoms with Crippen molar-refractivity contribution >= 4 is 17.5 Å². The van der Waals surface area contributed by atoms with Crippen molar-refractivity contribution in [2.75, 3.05) is 6.54 Å². The average Bonchev–Trinajstić information content (AvgIpc) is 2.90. The molecule has 1 heterocycles. The first kappa shape index (κ1) is 17.2. The molecule has 0 unspecified atom stereocenters. The van der Waals surface area contributed by atoms with Crippen LogP contribution in [0, 0.1) is 13.8 Å². The van der Waals surface area contributed by atoms with Crippen LogP contribution >= 0.6 is 11.6 Å². The molecule has 3 aromatic rings. The quantitative estimate of drug-likeness (QED) is 0.750. The fraction of sp³-hybridized carbons (Fsp3) is 0.200. The van der Waals surface area contributed by atoms with Crippen molar-refractivity contribution in [1.82, 2.24) is 15.1 Å². The number of amides is 1. The van der Waals surface area contributed by atoms with E-state index in [1.54, 1.807) is 4.68 Å². The molecule has 0 atom stereocenters. The molecule has 1 aromatic heterocycles. The second-order valence-corrected chi connectivity index (χ2v) is 6.37. The molecule has 1 N–H and O–H groups in total. The highest BCUT2D eigenvalue weighted by atomic mass is 35.5. The Kier molecular flexibility index (Phi) is 5.19. The van der Waals surface area contributed by atoms with E-state index in [0.29, 0.717) is 17.1 Å². The SMILES string of the molecule is Cc1nn(-c2ccccc2)c(C)c1C(=O)NCCc1cccc(Cl)c1. The predicted octanol–water partition coefficient (Wildman–Crippen LogP) is 4.12. The van der Waals surface area contributed by atoms with Crippen LogP contribution < -0.4 is 5.32 Å². The number of hydrogen-bond acceptors (Lipinski definition) is 2. The first-order valence-electron chi connectivity index (χ1n) is 8.20. The van der Waals surface area contributed by atoms with E-state index in [2.05, 4.69) is 10.4 Å². The van der Waals surface area contributed by atoms with Gasteiger partial charge in [-0.1, -0.05) is 41.9 Å². The van der Waals surface area contributed by atoms with Crippen LogP contribution in [-0.4, -0.2) is 22.2 Å². The van der Waals surface area contributed by atoms with Gasteiger partial charge in [0.1, 0.15) is 0 Å². The van der Waals surface area contributed by atoms with E-state index in [-0.39, 0.29) is 5.91 Å². The van der Waals surface area contributed by atoms with Crippen molar-refractivity contribution in [2.45, 2.75) is 20.3 Å². The topological polar surface area (TPSA) is 46.9 Å². The van der Waals surface area contributed by atoms with Crippen molar-refractivity contribution in [3.8, 4) is 5.69 Å². The summed E-state index contributed by atoms with van der Waals surface area (Å²) in [6.45, 7) is 4.33. The minimum atomic E-state index is -0.0980. The minimum Gasteiger partial charge on any atom is -0.352 e. The summed E-state index contributed by atoms with van der Waals surface area (Å²) in [7, 11) is 0. The number of aromatic nitrogens is 2. The van der Waals surface area contributed by atoms with Crippen LogP contribution in [0.4, 0.5) is 0 Å². The Bertz CT molecular complexity index is 887. The Morgan fingerprint density at radius 3 is 2.60 bits per heavy atom. The normalized spacial score (nSPS) is 10.7. The number of nitrogens with zero attached hydrogens (tertiary/aromatic N) is 2. The number of nitrogens with one attached hydrogen (secondary N) is 1. The van der Waals surface area contributed by atoms with Gasteiger partial charge in [-0.05, 0) is 50.1 Å². The Hall–Kier alpha value is -2.59. The van der Waals surface area contributed by atoms with Crippen molar-refractivity contribution in [2.24, 2.45) is 0 Å². The maximum absolute atomic E-state index is 12.6. The molecule has 0 radical (unpaired) electrons. The molecular weight excluding hydrogens is 334 g/mol. The first-order valence-corrected chi connectivity index (χ1v) is 8.58. The molecule has 1 amide bonds. The van der Waals surface area contributed by atoms with Crippen LogP contribution in [0.1, 0.15) is 27.3 Å². The molecule has 0 saturated carbocycles. The maximum Gasteiger partial charge on any atom is 0.255 e. The van der Waals surface area contributed by atoms with Gasteiger partial charge in [-0.15, -0.1) is 0 Å². The van der Waals surface area contributed by atoms with Gasteiger partial charge in [0, 0.05) is 11.6 Å². The van der Waals surface area contributed by atoms with E-state index in [0.717, 1.165) is 29.1 Å². The molecule has 0 fully saturated rings. The van der Waals surface area contributed by atoms with Crippen LogP contribution in [-0.2, 0) is 6.42 Å². The zero-order chi connectivity index (χ0) is 17.8. The van der Waals surface area contributed by atoms with Gasteiger partial charge in [0.15, 0.2) is 0 Å². The number of carbonyl (C=O) groups is 1. The average molecular weight is 354 g/mol. The second-order valence-electron chi connectivity index (χ2n) is 5.93. The third-order valence-corrected chi connectivity index (χ3v) is 4.34. The number of carbonyl (C=O) groups excluding carboxylic acids is 1. The lowest BCUT2D eigenvalue weighted by molar-refractivity contribution is 0.0953. The van der Waals surface area contributed by atoms with Crippen LogP contribution in [0.5, 0.6) is 0 Å². The lowest BCUT2D eigenvalue weighted by atomic mass is 10.1. The summed E-state index contributed by atoms with van der Waals surface area (Å²) in [5, 5.41) is 8.20. The monoisotopic (exact) mass is 353 g/mol. The van der Waals surface area contributed by atoms with E-state index < -0.39 is 0 Å². The van der Waals surface area contributed by atoms with Gasteiger partial charge in [0.25, 0.3) is 5.91 Å². The summed E-state index contributed by atoms with van der Waals surface area (Å²) in [6.07, 6.45) is 0.733. The molecule has 0 bridgehead atoms. The smallest absolute Gasteiger partial charge is 0.255 e. The highest BCUT2D eigenvalue weighted by Crippen LogP contribution is 2.18. The summed E-state index contributed by atoms with van der Waals surface area (Å²) < 4.78 is 1.81. The van der Waals surface area contributed by atoms with Gasteiger partial charge >= 0.3 is 0 Å². The lowest BCUT2D eigenvalue weighted by Crippen LogP contribution is -2.26. The molecule has 3 rings (SSSR count). The Morgan fingerprint density at radius 2 is 1.88 bits per heavy atom. The second kappa shape index (κ2) is 7.53. The van der Waals surface area contributed by atoms with E-state index in [1.165, 1.54) is 0 Å². The Labute approximate surface area is 152 Å². The summed E-state index contributed by atoms with van der Waals surface area (Å²) in [4.78, 5) is 12.6. The Morgan fingerprint density at radius 1 is 1.12 bits per heavy atom. The van der Waals surface area contributed by atoms with Crippen molar-refractivity contribution in [1.29, 1.82) is 0 Å². The summed E-state index contributed by atoms with van der Waals surface area (Å²) in [5.41, 5.74) is 4.24. The number of halogens is 1. The largest absolute Gasteiger partial charge is 0.352 e. The molecule has 0 saturated heterocycles. The molecule has 0 aliphatic rings. The Balaban J connectivity index is 1.71.